The first-order valence-electron chi connectivity index (χ1n) is 11.0. The van der Waals surface area contributed by atoms with Crippen LogP contribution in [-0.4, -0.2) is 68.8 Å². The zero-order valence-corrected chi connectivity index (χ0v) is 24.3. The van der Waals surface area contributed by atoms with E-state index < -0.39 is 10.0 Å². The Morgan fingerprint density at radius 3 is 2.28 bits per heavy atom. The normalized spacial score (nSPS) is 11.5. The summed E-state index contributed by atoms with van der Waals surface area (Å²) in [6.45, 7) is 8.91. The minimum atomic E-state index is -3.74. The summed E-state index contributed by atoms with van der Waals surface area (Å²) < 4.78 is 29.2. The van der Waals surface area contributed by atoms with Crippen molar-refractivity contribution in [2.24, 2.45) is 0 Å². The summed E-state index contributed by atoms with van der Waals surface area (Å²) in [6, 6.07) is 11.9. The number of carbonyl (C=O) groups is 1. The summed E-state index contributed by atoms with van der Waals surface area (Å²) >= 11 is 4.94. The van der Waals surface area contributed by atoms with E-state index in [2.05, 4.69) is 39.0 Å². The molecule has 0 fully saturated rings. The largest absolute Gasteiger partial charge is 0.309 e. The summed E-state index contributed by atoms with van der Waals surface area (Å²) in [4.78, 5) is 22.1. The molecule has 11 heteroatoms. The minimum Gasteiger partial charge on any atom is -0.309 e. The second-order valence-corrected chi connectivity index (χ2v) is 12.0. The molecule has 3 aromatic rings. The van der Waals surface area contributed by atoms with Crippen LogP contribution in [-0.2, 0) is 10.0 Å². The Bertz CT molecular complexity index is 1300. The molecule has 194 valence electrons. The molecule has 1 aromatic heterocycles. The Morgan fingerprint density at radius 1 is 1.06 bits per heavy atom. The number of aromatic nitrogens is 1. The van der Waals surface area contributed by atoms with Crippen molar-refractivity contribution in [2.75, 3.05) is 45.2 Å². The maximum absolute atomic E-state index is 13.5. The maximum Gasteiger partial charge on any atom is 0.260 e. The highest BCUT2D eigenvalue weighted by molar-refractivity contribution is 9.10. The van der Waals surface area contributed by atoms with Crippen LogP contribution in [0.3, 0.4) is 0 Å². The molecular weight excluding hydrogens is 584 g/mol. The topological polar surface area (TPSA) is 73.8 Å². The number of halogens is 2. The number of benzene rings is 2. The molecule has 2 aromatic carbocycles. The van der Waals surface area contributed by atoms with Crippen molar-refractivity contribution in [3.05, 3.63) is 77.8 Å². The molecule has 0 bridgehead atoms. The van der Waals surface area contributed by atoms with Crippen molar-refractivity contribution in [1.29, 1.82) is 0 Å². The van der Waals surface area contributed by atoms with Gasteiger partial charge in [-0.25, -0.2) is 13.4 Å². The molecule has 0 unspecified atom stereocenters. The molecule has 0 N–H and O–H groups in total. The number of nitrogens with zero attached hydrogens (tertiary/aromatic N) is 4. The Hall–Kier alpha value is -2.08. The van der Waals surface area contributed by atoms with Crippen LogP contribution in [0.1, 0.15) is 16.8 Å². The molecule has 7 nitrogen and oxygen atoms in total. The van der Waals surface area contributed by atoms with Crippen LogP contribution >= 0.6 is 39.7 Å². The van der Waals surface area contributed by atoms with Crippen LogP contribution in [0, 0.1) is 0 Å². The third-order valence-electron chi connectivity index (χ3n) is 5.21. The van der Waals surface area contributed by atoms with E-state index in [1.807, 2.05) is 32.3 Å². The second kappa shape index (κ2) is 13.5. The third-order valence-corrected chi connectivity index (χ3v) is 8.59. The smallest absolute Gasteiger partial charge is 0.260 e. The minimum absolute atomic E-state index is 0. The lowest BCUT2D eigenvalue weighted by Crippen LogP contribution is -2.33. The van der Waals surface area contributed by atoms with Gasteiger partial charge in [0.15, 0.2) is 5.13 Å². The first kappa shape index (κ1) is 30.1. The van der Waals surface area contributed by atoms with Gasteiger partial charge in [-0.05, 0) is 69.5 Å². The first-order valence-corrected chi connectivity index (χ1v) is 14.1. The maximum atomic E-state index is 13.5. The molecule has 0 spiro atoms. The van der Waals surface area contributed by atoms with Gasteiger partial charge in [0.2, 0.25) is 10.0 Å². The van der Waals surface area contributed by atoms with E-state index in [1.54, 1.807) is 17.0 Å². The SMILES string of the molecule is C=CCN(CC=C)S(=O)(=O)c1ccc(C(=O)N(CCCN(C)C)c2nc3ccc(Br)cc3s2)cc1.Cl. The predicted molar refractivity (Wildman–Crippen MR) is 155 cm³/mol. The number of hydrogen-bond acceptors (Lipinski definition) is 6. The molecule has 0 saturated carbocycles. The molecule has 0 saturated heterocycles. The summed E-state index contributed by atoms with van der Waals surface area (Å²) in [5.41, 5.74) is 1.22. The summed E-state index contributed by atoms with van der Waals surface area (Å²) in [5.74, 6) is -0.222. The van der Waals surface area contributed by atoms with Crippen LogP contribution in [0.25, 0.3) is 10.2 Å². The molecule has 1 heterocycles. The number of amides is 1. The van der Waals surface area contributed by atoms with Gasteiger partial charge in [0.05, 0.1) is 15.1 Å². The Kier molecular flexibility index (Phi) is 11.3. The number of fused-ring (bicyclic) bond motifs is 1. The van der Waals surface area contributed by atoms with E-state index in [4.69, 9.17) is 0 Å². The quantitative estimate of drug-likeness (QED) is 0.254. The van der Waals surface area contributed by atoms with Gasteiger partial charge in [-0.2, -0.15) is 4.31 Å². The van der Waals surface area contributed by atoms with Crippen molar-refractivity contribution in [2.45, 2.75) is 11.3 Å². The average molecular weight is 614 g/mol. The molecule has 0 aliphatic rings. The van der Waals surface area contributed by atoms with Gasteiger partial charge in [-0.1, -0.05) is 39.4 Å². The fraction of sp³-hybridized carbons (Fsp3) is 0.280. The number of carbonyl (C=O) groups excluding carboxylic acids is 1. The Labute approximate surface area is 231 Å². The fourth-order valence-electron chi connectivity index (χ4n) is 3.46. The van der Waals surface area contributed by atoms with Gasteiger partial charge in [0.1, 0.15) is 0 Å². The molecule has 0 aliphatic heterocycles. The van der Waals surface area contributed by atoms with Crippen LogP contribution in [0.2, 0.25) is 0 Å². The van der Waals surface area contributed by atoms with Crippen LogP contribution in [0.15, 0.2) is 77.1 Å². The standard InChI is InChI=1S/C25H29BrN4O3S2.ClH/c1-5-14-29(15-6-2)35(32,33)21-11-8-19(9-12-21)24(31)30(17-7-16-28(3)4)25-27-22-13-10-20(26)18-23(22)34-25;/h5-6,8-13,18H,1-2,7,14-17H2,3-4H3;1H. The van der Waals surface area contributed by atoms with Gasteiger partial charge < -0.3 is 4.90 Å². The highest BCUT2D eigenvalue weighted by Crippen LogP contribution is 2.32. The number of rotatable bonds is 12. The molecule has 0 aliphatic carbocycles. The Balaban J connectivity index is 0.00000456. The summed E-state index contributed by atoms with van der Waals surface area (Å²) in [5, 5.41) is 0.613. The highest BCUT2D eigenvalue weighted by atomic mass is 79.9. The number of thiazole rings is 1. The van der Waals surface area contributed by atoms with Gasteiger partial charge in [0, 0.05) is 29.7 Å². The highest BCUT2D eigenvalue weighted by Gasteiger charge is 2.25. The van der Waals surface area contributed by atoms with Crippen LogP contribution < -0.4 is 4.90 Å². The lowest BCUT2D eigenvalue weighted by atomic mass is 10.2. The molecule has 0 atom stereocenters. The van der Waals surface area contributed by atoms with Crippen molar-refractivity contribution >= 4 is 71.0 Å². The molecule has 1 amide bonds. The lowest BCUT2D eigenvalue weighted by molar-refractivity contribution is 0.0986. The summed E-state index contributed by atoms with van der Waals surface area (Å²) in [7, 11) is 0.238. The van der Waals surface area contributed by atoms with Crippen LogP contribution in [0.4, 0.5) is 5.13 Å². The van der Waals surface area contributed by atoms with E-state index in [0.29, 0.717) is 17.2 Å². The zero-order chi connectivity index (χ0) is 25.6. The van der Waals surface area contributed by atoms with E-state index in [-0.39, 0.29) is 36.3 Å². The number of hydrogen-bond donors (Lipinski definition) is 0. The monoisotopic (exact) mass is 612 g/mol. The second-order valence-electron chi connectivity index (χ2n) is 8.15. The molecule has 0 radical (unpaired) electrons. The molecule has 36 heavy (non-hydrogen) atoms. The predicted octanol–water partition coefficient (Wildman–Crippen LogP) is 5.44. The molecule has 3 rings (SSSR count). The van der Waals surface area contributed by atoms with Crippen molar-refractivity contribution < 1.29 is 13.2 Å². The molecular formula is C25H30BrClN4O3S2. The van der Waals surface area contributed by atoms with Crippen molar-refractivity contribution in [1.82, 2.24) is 14.2 Å². The third kappa shape index (κ3) is 7.24. The van der Waals surface area contributed by atoms with Crippen molar-refractivity contribution in [3.63, 3.8) is 0 Å². The van der Waals surface area contributed by atoms with Crippen LogP contribution in [0.5, 0.6) is 0 Å². The summed E-state index contributed by atoms with van der Waals surface area (Å²) in [6.07, 6.45) is 3.82. The van der Waals surface area contributed by atoms with E-state index in [1.165, 1.54) is 39.9 Å². The lowest BCUT2D eigenvalue weighted by Gasteiger charge is -2.22. The van der Waals surface area contributed by atoms with Crippen molar-refractivity contribution in [3.8, 4) is 0 Å². The van der Waals surface area contributed by atoms with Gasteiger partial charge in [0.25, 0.3) is 5.91 Å². The van der Waals surface area contributed by atoms with E-state index in [0.717, 1.165) is 27.7 Å². The fourth-order valence-corrected chi connectivity index (χ4v) is 6.39. The van der Waals surface area contributed by atoms with Gasteiger partial charge in [-0.15, -0.1) is 25.6 Å². The number of sulfonamides is 1. The van der Waals surface area contributed by atoms with E-state index in [9.17, 15) is 13.2 Å². The van der Waals surface area contributed by atoms with Gasteiger partial charge in [-0.3, -0.25) is 9.69 Å². The zero-order valence-electron chi connectivity index (χ0n) is 20.3. The Morgan fingerprint density at radius 2 is 1.69 bits per heavy atom. The number of anilines is 1. The van der Waals surface area contributed by atoms with Gasteiger partial charge >= 0.3 is 0 Å². The first-order chi connectivity index (χ1) is 16.7. The average Bonchev–Trinajstić information content (AvgIpc) is 3.24. The van der Waals surface area contributed by atoms with E-state index >= 15 is 0 Å².